The van der Waals surface area contributed by atoms with Crippen LogP contribution in [-0.4, -0.2) is 0 Å². The molecule has 0 fully saturated rings. The maximum Gasteiger partial charge on any atom is 0.0632 e. The number of aryl methyl sites for hydroxylation is 1. The van der Waals surface area contributed by atoms with Crippen molar-refractivity contribution in [2.45, 2.75) is 33.1 Å². The van der Waals surface area contributed by atoms with Crippen molar-refractivity contribution in [1.82, 2.24) is 0 Å². The molecule has 0 aliphatic carbocycles. The van der Waals surface area contributed by atoms with E-state index in [1.165, 1.54) is 0 Å². The lowest BCUT2D eigenvalue weighted by Crippen LogP contribution is -2.12. The molecule has 0 spiro atoms. The first-order valence-electron chi connectivity index (χ1n) is 4.29. The lowest BCUT2D eigenvalue weighted by atomic mass is 9.86. The van der Waals surface area contributed by atoms with Crippen LogP contribution in [0.25, 0.3) is 0 Å². The zero-order chi connectivity index (χ0) is 10.2. The van der Waals surface area contributed by atoms with Gasteiger partial charge in [0.1, 0.15) is 0 Å². The Hall–Kier alpha value is -0.200. The maximum atomic E-state index is 6.15. The first kappa shape index (κ1) is 10.9. The van der Waals surface area contributed by atoms with Gasteiger partial charge in [0.25, 0.3) is 0 Å². The average Bonchev–Trinajstić information content (AvgIpc) is 1.98. The highest BCUT2D eigenvalue weighted by molar-refractivity contribution is 6.43. The second-order valence-corrected chi connectivity index (χ2v) is 5.06. The molecule has 0 unspecified atom stereocenters. The van der Waals surface area contributed by atoms with Gasteiger partial charge < -0.3 is 0 Å². The zero-order valence-electron chi connectivity index (χ0n) is 8.41. The summed E-state index contributed by atoms with van der Waals surface area (Å²) in [7, 11) is 0. The Balaban J connectivity index is 3.35. The first-order chi connectivity index (χ1) is 5.84. The predicted octanol–water partition coefficient (Wildman–Crippen LogP) is 4.60. The summed E-state index contributed by atoms with van der Waals surface area (Å²) in [6.45, 7) is 8.33. The van der Waals surface area contributed by atoms with Crippen molar-refractivity contribution in [3.05, 3.63) is 33.3 Å². The van der Waals surface area contributed by atoms with Crippen molar-refractivity contribution in [2.75, 3.05) is 0 Å². The molecular weight excluding hydrogens is 203 g/mol. The lowest BCUT2D eigenvalue weighted by Gasteiger charge is -2.21. The minimum Gasteiger partial charge on any atom is -0.0824 e. The fourth-order valence-electron chi connectivity index (χ4n) is 1.23. The molecule has 0 saturated heterocycles. The summed E-state index contributed by atoms with van der Waals surface area (Å²) in [5, 5.41) is 1.36. The lowest BCUT2D eigenvalue weighted by molar-refractivity contribution is 0.590. The van der Waals surface area contributed by atoms with E-state index in [9.17, 15) is 0 Å². The van der Waals surface area contributed by atoms with Crippen molar-refractivity contribution in [3.8, 4) is 0 Å². The predicted molar refractivity (Wildman–Crippen MR) is 59.9 cm³/mol. The van der Waals surface area contributed by atoms with Crippen LogP contribution in [0, 0.1) is 6.92 Å². The van der Waals surface area contributed by atoms with Crippen molar-refractivity contribution in [1.29, 1.82) is 0 Å². The van der Waals surface area contributed by atoms with E-state index in [-0.39, 0.29) is 5.41 Å². The third kappa shape index (κ3) is 2.18. The molecule has 0 atom stereocenters. The van der Waals surface area contributed by atoms with Crippen LogP contribution in [0.2, 0.25) is 10.0 Å². The Kier molecular flexibility index (Phi) is 2.94. The standard InChI is InChI=1S/C11H14Cl2/c1-7-5-6-8(11(2,3)4)10(13)9(7)12/h5-6H,1-4H3. The van der Waals surface area contributed by atoms with Crippen LogP contribution in [0.1, 0.15) is 31.9 Å². The Labute approximate surface area is 89.9 Å². The molecule has 0 heterocycles. The van der Waals surface area contributed by atoms with Crippen molar-refractivity contribution < 1.29 is 0 Å². The van der Waals surface area contributed by atoms with E-state index < -0.39 is 0 Å². The van der Waals surface area contributed by atoms with Crippen LogP contribution < -0.4 is 0 Å². The van der Waals surface area contributed by atoms with E-state index in [4.69, 9.17) is 23.2 Å². The molecule has 0 bridgehead atoms. The Morgan fingerprint density at radius 3 is 2.00 bits per heavy atom. The van der Waals surface area contributed by atoms with E-state index in [1.54, 1.807) is 0 Å². The van der Waals surface area contributed by atoms with Gasteiger partial charge in [-0.15, -0.1) is 0 Å². The Morgan fingerprint density at radius 2 is 1.54 bits per heavy atom. The van der Waals surface area contributed by atoms with Crippen LogP contribution in [-0.2, 0) is 5.41 Å². The highest BCUT2D eigenvalue weighted by Crippen LogP contribution is 2.35. The molecule has 0 saturated carbocycles. The Bertz CT molecular complexity index is 322. The molecule has 0 N–H and O–H groups in total. The van der Waals surface area contributed by atoms with Gasteiger partial charge in [-0.2, -0.15) is 0 Å². The summed E-state index contributed by atoms with van der Waals surface area (Å²) >= 11 is 12.2. The fraction of sp³-hybridized carbons (Fsp3) is 0.455. The topological polar surface area (TPSA) is 0 Å². The maximum absolute atomic E-state index is 6.15. The molecule has 0 aliphatic heterocycles. The average molecular weight is 217 g/mol. The normalized spacial score (nSPS) is 11.8. The summed E-state index contributed by atoms with van der Waals surface area (Å²) in [6.07, 6.45) is 0. The smallest absolute Gasteiger partial charge is 0.0632 e. The molecular formula is C11H14Cl2. The SMILES string of the molecule is Cc1ccc(C(C)(C)C)c(Cl)c1Cl. The number of rotatable bonds is 0. The second kappa shape index (κ2) is 3.51. The van der Waals surface area contributed by atoms with Gasteiger partial charge in [0.2, 0.25) is 0 Å². The van der Waals surface area contributed by atoms with E-state index in [2.05, 4.69) is 20.8 Å². The van der Waals surface area contributed by atoms with Crippen LogP contribution in [0.5, 0.6) is 0 Å². The highest BCUT2D eigenvalue weighted by Gasteiger charge is 2.19. The molecule has 0 amide bonds. The van der Waals surface area contributed by atoms with Crippen molar-refractivity contribution in [3.63, 3.8) is 0 Å². The van der Waals surface area contributed by atoms with Gasteiger partial charge in [-0.05, 0) is 23.5 Å². The van der Waals surface area contributed by atoms with Crippen LogP contribution in [0.15, 0.2) is 12.1 Å². The molecule has 0 aliphatic rings. The zero-order valence-corrected chi connectivity index (χ0v) is 9.92. The number of benzene rings is 1. The molecule has 1 rings (SSSR count). The molecule has 0 nitrogen and oxygen atoms in total. The van der Waals surface area contributed by atoms with Gasteiger partial charge in [0, 0.05) is 0 Å². The summed E-state index contributed by atoms with van der Waals surface area (Å²) in [5.74, 6) is 0. The van der Waals surface area contributed by atoms with Crippen LogP contribution in [0.4, 0.5) is 0 Å². The van der Waals surface area contributed by atoms with Crippen molar-refractivity contribution >= 4 is 23.2 Å². The fourth-order valence-corrected chi connectivity index (χ4v) is 1.89. The molecule has 1 aromatic rings. The molecule has 1 aromatic carbocycles. The highest BCUT2D eigenvalue weighted by atomic mass is 35.5. The molecule has 0 aromatic heterocycles. The molecule has 13 heavy (non-hydrogen) atoms. The summed E-state index contributed by atoms with van der Waals surface area (Å²) in [5.41, 5.74) is 2.18. The van der Waals surface area contributed by atoms with Crippen molar-refractivity contribution in [2.24, 2.45) is 0 Å². The largest absolute Gasteiger partial charge is 0.0824 e. The molecule has 0 radical (unpaired) electrons. The third-order valence-electron chi connectivity index (χ3n) is 2.08. The van der Waals surface area contributed by atoms with Gasteiger partial charge in [0.15, 0.2) is 0 Å². The summed E-state index contributed by atoms with van der Waals surface area (Å²) < 4.78 is 0. The quantitative estimate of drug-likeness (QED) is 0.595. The third-order valence-corrected chi connectivity index (χ3v) is 3.06. The summed E-state index contributed by atoms with van der Waals surface area (Å²) in [6, 6.07) is 4.05. The van der Waals surface area contributed by atoms with E-state index in [0.29, 0.717) is 10.0 Å². The summed E-state index contributed by atoms with van der Waals surface area (Å²) in [4.78, 5) is 0. The van der Waals surface area contributed by atoms with Gasteiger partial charge in [0.05, 0.1) is 10.0 Å². The number of hydrogen-bond acceptors (Lipinski definition) is 0. The number of halogens is 2. The monoisotopic (exact) mass is 216 g/mol. The molecule has 2 heteroatoms. The van der Waals surface area contributed by atoms with Gasteiger partial charge in [-0.3, -0.25) is 0 Å². The van der Waals surface area contributed by atoms with Gasteiger partial charge in [-0.25, -0.2) is 0 Å². The minimum atomic E-state index is 0.0500. The van der Waals surface area contributed by atoms with E-state index in [0.717, 1.165) is 11.1 Å². The van der Waals surface area contributed by atoms with E-state index in [1.807, 2.05) is 19.1 Å². The second-order valence-electron chi connectivity index (χ2n) is 4.31. The van der Waals surface area contributed by atoms with Crippen LogP contribution >= 0.6 is 23.2 Å². The molecule has 72 valence electrons. The van der Waals surface area contributed by atoms with Gasteiger partial charge >= 0.3 is 0 Å². The number of hydrogen-bond donors (Lipinski definition) is 0. The Morgan fingerprint density at radius 1 is 1.00 bits per heavy atom. The van der Waals surface area contributed by atoms with Crippen LogP contribution in [0.3, 0.4) is 0 Å². The van der Waals surface area contributed by atoms with E-state index >= 15 is 0 Å². The first-order valence-corrected chi connectivity index (χ1v) is 5.04. The van der Waals surface area contributed by atoms with Gasteiger partial charge in [-0.1, -0.05) is 56.1 Å². The minimum absolute atomic E-state index is 0.0500.